The lowest BCUT2D eigenvalue weighted by Gasteiger charge is -2.36. The number of hydrogen-bond acceptors (Lipinski definition) is 5. The normalized spacial score (nSPS) is 18.9. The highest BCUT2D eigenvalue weighted by atomic mass is 16.4. The number of aromatic nitrogens is 1. The van der Waals surface area contributed by atoms with Crippen molar-refractivity contribution in [3.63, 3.8) is 0 Å². The van der Waals surface area contributed by atoms with Crippen LogP contribution in [-0.4, -0.2) is 33.3 Å². The molecular formula is C14H22N4O2. The number of rotatable bonds is 5. The number of nitrogens with zero attached hydrogens (tertiary/aromatic N) is 2. The molecule has 0 amide bonds. The summed E-state index contributed by atoms with van der Waals surface area (Å²) in [6, 6.07) is 3.67. The number of pyridine rings is 1. The monoisotopic (exact) mass is 278 g/mol. The molecule has 0 aromatic carbocycles. The number of amidine groups is 1. The van der Waals surface area contributed by atoms with Crippen LogP contribution in [-0.2, 0) is 6.54 Å². The molecule has 1 aliphatic rings. The molecule has 1 saturated carbocycles. The van der Waals surface area contributed by atoms with E-state index in [-0.39, 0.29) is 18.0 Å². The second-order valence-corrected chi connectivity index (χ2v) is 5.39. The highest BCUT2D eigenvalue weighted by Crippen LogP contribution is 2.28. The van der Waals surface area contributed by atoms with E-state index in [0.29, 0.717) is 12.2 Å². The first kappa shape index (κ1) is 14.7. The Kier molecular flexibility index (Phi) is 4.92. The maximum atomic E-state index is 9.65. The first-order chi connectivity index (χ1) is 9.69. The second kappa shape index (κ2) is 6.67. The van der Waals surface area contributed by atoms with E-state index in [1.165, 1.54) is 6.42 Å². The Bertz CT molecular complexity index is 470. The van der Waals surface area contributed by atoms with Crippen LogP contribution in [0.5, 0.6) is 0 Å². The van der Waals surface area contributed by atoms with E-state index in [1.807, 2.05) is 6.07 Å². The fourth-order valence-electron chi connectivity index (χ4n) is 2.68. The average molecular weight is 278 g/mol. The minimum absolute atomic E-state index is 0.00129. The third-order valence-corrected chi connectivity index (χ3v) is 3.98. The van der Waals surface area contributed by atoms with Crippen LogP contribution < -0.4 is 11.1 Å². The smallest absolute Gasteiger partial charge is 0.188 e. The number of nitrogens with two attached hydrogens (primary N) is 1. The summed E-state index contributed by atoms with van der Waals surface area (Å²) in [6.45, 7) is 0.792. The van der Waals surface area contributed by atoms with Gasteiger partial charge in [0.2, 0.25) is 0 Å². The highest BCUT2D eigenvalue weighted by molar-refractivity contribution is 5.95. The first-order valence-electron chi connectivity index (χ1n) is 6.98. The summed E-state index contributed by atoms with van der Waals surface area (Å²) >= 11 is 0. The maximum Gasteiger partial charge on any atom is 0.188 e. The van der Waals surface area contributed by atoms with Crippen molar-refractivity contribution in [2.75, 3.05) is 6.61 Å². The van der Waals surface area contributed by atoms with Crippen molar-refractivity contribution in [3.8, 4) is 0 Å². The van der Waals surface area contributed by atoms with Crippen molar-refractivity contribution >= 4 is 5.84 Å². The molecule has 6 nitrogen and oxygen atoms in total. The first-order valence-corrected chi connectivity index (χ1v) is 6.98. The van der Waals surface area contributed by atoms with Crippen LogP contribution in [0.2, 0.25) is 0 Å². The van der Waals surface area contributed by atoms with Crippen molar-refractivity contribution in [2.45, 2.75) is 44.2 Å². The Labute approximate surface area is 118 Å². The molecule has 110 valence electrons. The number of hydrogen-bond donors (Lipinski definition) is 4. The van der Waals surface area contributed by atoms with Crippen LogP contribution in [0.15, 0.2) is 23.5 Å². The molecule has 0 saturated heterocycles. The third kappa shape index (κ3) is 3.46. The minimum atomic E-state index is -0.168. The zero-order chi connectivity index (χ0) is 14.4. The standard InChI is InChI=1S/C14H22N4O2/c15-13(18-20)12-8-11(4-7-16-12)9-17-14(10-19)5-2-1-3-6-14/h4,7-8,17,19-20H,1-3,5-6,9-10H2,(H2,15,18). The molecule has 1 aromatic heterocycles. The molecule has 0 bridgehead atoms. The Hall–Kier alpha value is -1.66. The molecule has 20 heavy (non-hydrogen) atoms. The maximum absolute atomic E-state index is 9.65. The van der Waals surface area contributed by atoms with Gasteiger partial charge in [-0.15, -0.1) is 0 Å². The van der Waals surface area contributed by atoms with Gasteiger partial charge in [0.1, 0.15) is 5.69 Å². The van der Waals surface area contributed by atoms with E-state index in [2.05, 4.69) is 15.5 Å². The van der Waals surface area contributed by atoms with Gasteiger partial charge in [0.05, 0.1) is 6.61 Å². The quantitative estimate of drug-likeness (QED) is 0.278. The van der Waals surface area contributed by atoms with Crippen LogP contribution in [0.25, 0.3) is 0 Å². The topological polar surface area (TPSA) is 104 Å². The van der Waals surface area contributed by atoms with Crippen molar-refractivity contribution in [1.29, 1.82) is 0 Å². The van der Waals surface area contributed by atoms with Crippen LogP contribution >= 0.6 is 0 Å². The zero-order valence-electron chi connectivity index (χ0n) is 11.5. The summed E-state index contributed by atoms with van der Waals surface area (Å²) in [5.74, 6) is 0.00129. The van der Waals surface area contributed by atoms with Gasteiger partial charge in [0.15, 0.2) is 5.84 Å². The molecule has 0 aliphatic heterocycles. The molecule has 6 heteroatoms. The van der Waals surface area contributed by atoms with Crippen LogP contribution in [0, 0.1) is 0 Å². The van der Waals surface area contributed by atoms with Gasteiger partial charge in [-0.1, -0.05) is 24.4 Å². The van der Waals surface area contributed by atoms with Crippen LogP contribution in [0.3, 0.4) is 0 Å². The molecule has 5 N–H and O–H groups in total. The number of oxime groups is 1. The molecule has 1 fully saturated rings. The van der Waals surface area contributed by atoms with Gasteiger partial charge in [-0.05, 0) is 30.5 Å². The van der Waals surface area contributed by atoms with E-state index in [0.717, 1.165) is 31.2 Å². The molecule has 0 radical (unpaired) electrons. The van der Waals surface area contributed by atoms with Crippen molar-refractivity contribution in [2.24, 2.45) is 10.9 Å². The van der Waals surface area contributed by atoms with Gasteiger partial charge in [0.25, 0.3) is 0 Å². The van der Waals surface area contributed by atoms with Gasteiger partial charge in [-0.25, -0.2) is 0 Å². The third-order valence-electron chi connectivity index (χ3n) is 3.98. The lowest BCUT2D eigenvalue weighted by molar-refractivity contribution is 0.119. The highest BCUT2D eigenvalue weighted by Gasteiger charge is 2.30. The van der Waals surface area contributed by atoms with Gasteiger partial charge >= 0.3 is 0 Å². The van der Waals surface area contributed by atoms with Gasteiger partial charge in [-0.2, -0.15) is 0 Å². The summed E-state index contributed by atoms with van der Waals surface area (Å²) in [5.41, 5.74) is 6.82. The predicted octanol–water partition coefficient (Wildman–Crippen LogP) is 0.961. The lowest BCUT2D eigenvalue weighted by atomic mass is 9.82. The van der Waals surface area contributed by atoms with Gasteiger partial charge in [-0.3, -0.25) is 4.98 Å². The minimum Gasteiger partial charge on any atom is -0.409 e. The molecule has 2 rings (SSSR count). The van der Waals surface area contributed by atoms with Crippen LogP contribution in [0.1, 0.15) is 43.4 Å². The Morgan fingerprint density at radius 2 is 2.15 bits per heavy atom. The molecule has 1 heterocycles. The molecule has 0 spiro atoms. The summed E-state index contributed by atoms with van der Waals surface area (Å²) in [7, 11) is 0. The van der Waals surface area contributed by atoms with E-state index in [4.69, 9.17) is 10.9 Å². The Morgan fingerprint density at radius 1 is 1.40 bits per heavy atom. The number of nitrogens with one attached hydrogen (secondary N) is 1. The Morgan fingerprint density at radius 3 is 2.80 bits per heavy atom. The SMILES string of the molecule is NC(=NO)c1cc(CNC2(CO)CCCCC2)ccn1. The van der Waals surface area contributed by atoms with Gasteiger partial charge < -0.3 is 21.4 Å². The number of aliphatic hydroxyl groups excluding tert-OH is 1. The van der Waals surface area contributed by atoms with Crippen molar-refractivity contribution < 1.29 is 10.3 Å². The molecular weight excluding hydrogens is 256 g/mol. The molecule has 0 unspecified atom stereocenters. The Balaban J connectivity index is 2.03. The molecule has 1 aromatic rings. The summed E-state index contributed by atoms with van der Waals surface area (Å²) in [4.78, 5) is 4.05. The second-order valence-electron chi connectivity index (χ2n) is 5.39. The predicted molar refractivity (Wildman–Crippen MR) is 76.5 cm³/mol. The van der Waals surface area contributed by atoms with Gasteiger partial charge in [0, 0.05) is 18.3 Å². The van der Waals surface area contributed by atoms with Crippen LogP contribution in [0.4, 0.5) is 0 Å². The largest absolute Gasteiger partial charge is 0.409 e. The zero-order valence-corrected chi connectivity index (χ0v) is 11.5. The van der Waals surface area contributed by atoms with E-state index in [1.54, 1.807) is 12.3 Å². The van der Waals surface area contributed by atoms with Crippen molar-refractivity contribution in [3.05, 3.63) is 29.6 Å². The fourth-order valence-corrected chi connectivity index (χ4v) is 2.68. The average Bonchev–Trinajstić information content (AvgIpc) is 2.53. The van der Waals surface area contributed by atoms with E-state index >= 15 is 0 Å². The summed E-state index contributed by atoms with van der Waals surface area (Å²) in [5, 5.41) is 24.7. The number of aliphatic hydroxyl groups is 1. The van der Waals surface area contributed by atoms with Crippen molar-refractivity contribution in [1.82, 2.24) is 10.3 Å². The molecule has 1 aliphatic carbocycles. The fraction of sp³-hybridized carbons (Fsp3) is 0.571. The van der Waals surface area contributed by atoms with E-state index < -0.39 is 0 Å². The summed E-state index contributed by atoms with van der Waals surface area (Å²) in [6.07, 6.45) is 7.19. The molecule has 0 atom stereocenters. The summed E-state index contributed by atoms with van der Waals surface area (Å²) < 4.78 is 0. The van der Waals surface area contributed by atoms with E-state index in [9.17, 15) is 5.11 Å². The lowest BCUT2D eigenvalue weighted by Crippen LogP contribution is -2.49.